The van der Waals surface area contributed by atoms with Crippen LogP contribution in [0.4, 0.5) is 28.8 Å². The molecule has 29 heavy (non-hydrogen) atoms. The van der Waals surface area contributed by atoms with E-state index in [1.165, 1.54) is 19.0 Å². The van der Waals surface area contributed by atoms with Crippen LogP contribution in [0.3, 0.4) is 0 Å². The van der Waals surface area contributed by atoms with Gasteiger partial charge in [-0.25, -0.2) is 4.79 Å². The monoisotopic (exact) mass is 392 g/mol. The van der Waals surface area contributed by atoms with Crippen LogP contribution in [0.5, 0.6) is 0 Å². The van der Waals surface area contributed by atoms with E-state index in [-0.39, 0.29) is 5.97 Å². The van der Waals surface area contributed by atoms with E-state index in [2.05, 4.69) is 56.7 Å². The number of esters is 1. The first-order chi connectivity index (χ1) is 14.1. The van der Waals surface area contributed by atoms with E-state index in [1.807, 2.05) is 12.1 Å². The summed E-state index contributed by atoms with van der Waals surface area (Å²) in [7, 11) is 1.35. The van der Waals surface area contributed by atoms with E-state index in [0.717, 1.165) is 24.5 Å². The van der Waals surface area contributed by atoms with Crippen LogP contribution < -0.4 is 15.5 Å². The third-order valence-electron chi connectivity index (χ3n) is 4.39. The van der Waals surface area contributed by atoms with Gasteiger partial charge in [-0.15, -0.1) is 5.10 Å². The third-order valence-corrected chi connectivity index (χ3v) is 4.39. The fraction of sp³-hybridized carbons (Fsp3) is 0.238. The Morgan fingerprint density at radius 2 is 1.59 bits per heavy atom. The highest BCUT2D eigenvalue weighted by atomic mass is 16.5. The van der Waals surface area contributed by atoms with Crippen molar-refractivity contribution in [3.05, 3.63) is 60.3 Å². The van der Waals surface area contributed by atoms with Gasteiger partial charge in [0.15, 0.2) is 5.82 Å². The Labute approximate surface area is 169 Å². The molecule has 2 N–H and O–H groups in total. The molecule has 2 aromatic carbocycles. The minimum absolute atomic E-state index is 0.376. The summed E-state index contributed by atoms with van der Waals surface area (Å²) in [6.07, 6.45) is 1.53. The number of rotatable bonds is 8. The highest BCUT2D eigenvalue weighted by Crippen LogP contribution is 2.21. The quantitative estimate of drug-likeness (QED) is 0.556. The van der Waals surface area contributed by atoms with E-state index in [0.29, 0.717) is 17.3 Å². The molecule has 1 aromatic heterocycles. The lowest BCUT2D eigenvalue weighted by Crippen LogP contribution is -2.21. The molecule has 150 valence electrons. The molecule has 0 atom stereocenters. The molecule has 0 fully saturated rings. The third kappa shape index (κ3) is 5.19. The molecule has 0 saturated carbocycles. The Balaban J connectivity index is 1.67. The Morgan fingerprint density at radius 1 is 0.966 bits per heavy atom. The molecule has 0 unspecified atom stereocenters. The number of ether oxygens (including phenoxy) is 1. The maximum Gasteiger partial charge on any atom is 0.337 e. The molecular formula is C21H24N6O2. The zero-order valence-electron chi connectivity index (χ0n) is 16.7. The van der Waals surface area contributed by atoms with E-state index in [9.17, 15) is 4.79 Å². The number of aromatic nitrogens is 3. The lowest BCUT2D eigenvalue weighted by Gasteiger charge is -2.21. The van der Waals surface area contributed by atoms with Crippen molar-refractivity contribution < 1.29 is 9.53 Å². The molecular weight excluding hydrogens is 368 g/mol. The van der Waals surface area contributed by atoms with E-state index in [1.54, 1.807) is 24.3 Å². The van der Waals surface area contributed by atoms with Gasteiger partial charge in [0.2, 0.25) is 5.95 Å². The van der Waals surface area contributed by atoms with E-state index < -0.39 is 0 Å². The molecule has 0 spiro atoms. The number of nitrogens with one attached hydrogen (secondary N) is 2. The SMILES string of the molecule is CCN(CC)c1ccc(Nc2nncc(Nc3ccc(C(=O)OC)cc3)n2)cc1. The van der Waals surface area contributed by atoms with Gasteiger partial charge < -0.3 is 20.3 Å². The van der Waals surface area contributed by atoms with Gasteiger partial charge in [0.1, 0.15) is 0 Å². The smallest absolute Gasteiger partial charge is 0.337 e. The summed E-state index contributed by atoms with van der Waals surface area (Å²) >= 11 is 0. The summed E-state index contributed by atoms with van der Waals surface area (Å²) < 4.78 is 4.70. The number of benzene rings is 2. The van der Waals surface area contributed by atoms with Gasteiger partial charge in [-0.3, -0.25) is 0 Å². The van der Waals surface area contributed by atoms with Crippen molar-refractivity contribution in [1.29, 1.82) is 0 Å². The van der Waals surface area contributed by atoms with Crippen LogP contribution in [-0.4, -0.2) is 41.3 Å². The van der Waals surface area contributed by atoms with Crippen LogP contribution in [0.15, 0.2) is 54.7 Å². The lowest BCUT2D eigenvalue weighted by atomic mass is 10.2. The van der Waals surface area contributed by atoms with E-state index in [4.69, 9.17) is 4.74 Å². The first kappa shape index (κ1) is 20.1. The number of anilines is 5. The van der Waals surface area contributed by atoms with Crippen molar-refractivity contribution in [2.45, 2.75) is 13.8 Å². The van der Waals surface area contributed by atoms with Crippen molar-refractivity contribution in [3.8, 4) is 0 Å². The van der Waals surface area contributed by atoms with Crippen LogP contribution in [-0.2, 0) is 4.74 Å². The van der Waals surface area contributed by atoms with Gasteiger partial charge >= 0.3 is 5.97 Å². The molecule has 3 aromatic rings. The lowest BCUT2D eigenvalue weighted by molar-refractivity contribution is 0.0601. The summed E-state index contributed by atoms with van der Waals surface area (Å²) in [5.41, 5.74) is 3.30. The molecule has 8 heteroatoms. The molecule has 0 aliphatic rings. The molecule has 0 radical (unpaired) electrons. The Morgan fingerprint density at radius 3 is 2.21 bits per heavy atom. The van der Waals surface area contributed by atoms with Gasteiger partial charge in [-0.1, -0.05) is 0 Å². The normalized spacial score (nSPS) is 10.3. The molecule has 0 aliphatic carbocycles. The summed E-state index contributed by atoms with van der Waals surface area (Å²) in [6, 6.07) is 15.0. The second-order valence-corrected chi connectivity index (χ2v) is 6.20. The van der Waals surface area contributed by atoms with Crippen LogP contribution in [0, 0.1) is 0 Å². The van der Waals surface area contributed by atoms with Gasteiger partial charge in [0.25, 0.3) is 0 Å². The maximum absolute atomic E-state index is 11.5. The van der Waals surface area contributed by atoms with Crippen LogP contribution in [0.2, 0.25) is 0 Å². The van der Waals surface area contributed by atoms with Gasteiger partial charge in [-0.05, 0) is 62.4 Å². The van der Waals surface area contributed by atoms with Gasteiger partial charge in [0, 0.05) is 30.2 Å². The second kappa shape index (κ2) is 9.50. The maximum atomic E-state index is 11.5. The summed E-state index contributed by atoms with van der Waals surface area (Å²) in [5.74, 6) is 0.545. The average Bonchev–Trinajstić information content (AvgIpc) is 2.76. The predicted molar refractivity (Wildman–Crippen MR) is 114 cm³/mol. The topological polar surface area (TPSA) is 92.3 Å². The number of hydrogen-bond acceptors (Lipinski definition) is 8. The highest BCUT2D eigenvalue weighted by molar-refractivity contribution is 5.89. The molecule has 0 aliphatic heterocycles. The number of nitrogens with zero attached hydrogens (tertiary/aromatic N) is 4. The number of hydrogen-bond donors (Lipinski definition) is 2. The molecule has 3 rings (SSSR count). The Kier molecular flexibility index (Phi) is 6.57. The Bertz CT molecular complexity index is 940. The summed E-state index contributed by atoms with van der Waals surface area (Å²) in [4.78, 5) is 18.2. The first-order valence-electron chi connectivity index (χ1n) is 9.40. The molecule has 0 bridgehead atoms. The van der Waals surface area contributed by atoms with Crippen molar-refractivity contribution in [2.75, 3.05) is 35.7 Å². The fourth-order valence-electron chi connectivity index (χ4n) is 2.85. The van der Waals surface area contributed by atoms with Crippen LogP contribution >= 0.6 is 0 Å². The largest absolute Gasteiger partial charge is 0.465 e. The van der Waals surface area contributed by atoms with Gasteiger partial charge in [-0.2, -0.15) is 10.1 Å². The Hall–Kier alpha value is -3.68. The molecule has 8 nitrogen and oxygen atoms in total. The fourth-order valence-corrected chi connectivity index (χ4v) is 2.85. The van der Waals surface area contributed by atoms with Crippen molar-refractivity contribution in [2.24, 2.45) is 0 Å². The summed E-state index contributed by atoms with van der Waals surface area (Å²) in [6.45, 7) is 6.20. The van der Waals surface area contributed by atoms with Gasteiger partial charge in [0.05, 0.1) is 18.9 Å². The first-order valence-corrected chi connectivity index (χ1v) is 9.40. The van der Waals surface area contributed by atoms with Crippen LogP contribution in [0.1, 0.15) is 24.2 Å². The number of carbonyl (C=O) groups is 1. The van der Waals surface area contributed by atoms with Crippen molar-refractivity contribution in [3.63, 3.8) is 0 Å². The molecule has 0 amide bonds. The minimum atomic E-state index is -0.376. The van der Waals surface area contributed by atoms with Crippen LogP contribution in [0.25, 0.3) is 0 Å². The summed E-state index contributed by atoms with van der Waals surface area (Å²) in [5, 5.41) is 14.3. The number of carbonyl (C=O) groups excluding carboxylic acids is 1. The highest BCUT2D eigenvalue weighted by Gasteiger charge is 2.06. The van der Waals surface area contributed by atoms with E-state index >= 15 is 0 Å². The molecule has 1 heterocycles. The number of methoxy groups -OCH3 is 1. The average molecular weight is 392 g/mol. The standard InChI is InChI=1S/C21H24N6O2/c1-4-27(5-2)18-12-10-17(11-13-18)24-21-25-19(14-22-26-21)23-16-8-6-15(7-9-16)20(28)29-3/h6-14H,4-5H2,1-3H3,(H2,23,24,25,26). The second-order valence-electron chi connectivity index (χ2n) is 6.20. The zero-order chi connectivity index (χ0) is 20.6. The van der Waals surface area contributed by atoms with Crippen molar-refractivity contribution in [1.82, 2.24) is 15.2 Å². The van der Waals surface area contributed by atoms with Crippen molar-refractivity contribution >= 4 is 34.8 Å². The minimum Gasteiger partial charge on any atom is -0.465 e. The predicted octanol–water partition coefficient (Wildman–Crippen LogP) is 3.99. The zero-order valence-corrected chi connectivity index (χ0v) is 16.7. The molecule has 0 saturated heterocycles.